The molecule has 2 heterocycles. The van der Waals surface area contributed by atoms with Crippen molar-refractivity contribution in [2.75, 3.05) is 6.54 Å². The molecule has 0 aromatic heterocycles. The van der Waals surface area contributed by atoms with E-state index in [1.54, 1.807) is 0 Å². The van der Waals surface area contributed by atoms with Crippen LogP contribution >= 0.6 is 47.8 Å². The van der Waals surface area contributed by atoms with Crippen molar-refractivity contribution in [2.24, 2.45) is 0 Å². The maximum absolute atomic E-state index is 5.96. The van der Waals surface area contributed by atoms with Gasteiger partial charge in [-0.3, -0.25) is 0 Å². The van der Waals surface area contributed by atoms with Crippen molar-refractivity contribution in [3.05, 3.63) is 20.7 Å². The average molecular weight is 486 g/mol. The van der Waals surface area contributed by atoms with Crippen molar-refractivity contribution >= 4 is 47.8 Å². The summed E-state index contributed by atoms with van der Waals surface area (Å²) in [6.07, 6.45) is 10.3. The van der Waals surface area contributed by atoms with Gasteiger partial charge < -0.3 is 9.64 Å². The molecule has 0 saturated carbocycles. The number of alkyl halides is 1. The van der Waals surface area contributed by atoms with E-state index in [4.69, 9.17) is 4.74 Å². The van der Waals surface area contributed by atoms with Gasteiger partial charge in [-0.2, -0.15) is 0 Å². The number of fused-ring (bicyclic) bond motifs is 1. The van der Waals surface area contributed by atoms with Crippen molar-refractivity contribution in [2.45, 2.75) is 69.5 Å². The SMILES string of the molecule is CCCCCC(Br)C1=CC(=C(Br)Br)N(CCCC)C2OC12. The third kappa shape index (κ3) is 4.58. The molecule has 1 saturated heterocycles. The second-order valence-corrected chi connectivity index (χ2v) is 9.50. The Morgan fingerprint density at radius 1 is 1.24 bits per heavy atom. The molecule has 3 atom stereocenters. The summed E-state index contributed by atoms with van der Waals surface area (Å²) in [6, 6.07) is 0. The lowest BCUT2D eigenvalue weighted by Gasteiger charge is -2.29. The van der Waals surface area contributed by atoms with E-state index in [0.29, 0.717) is 4.83 Å². The lowest BCUT2D eigenvalue weighted by molar-refractivity contribution is 0.223. The monoisotopic (exact) mass is 483 g/mol. The topological polar surface area (TPSA) is 15.8 Å². The fourth-order valence-corrected chi connectivity index (χ4v) is 4.19. The Kier molecular flexibility index (Phi) is 7.30. The van der Waals surface area contributed by atoms with Crippen LogP contribution in [-0.2, 0) is 4.74 Å². The van der Waals surface area contributed by atoms with Crippen LogP contribution in [0.5, 0.6) is 0 Å². The molecule has 3 unspecified atom stereocenters. The molecule has 120 valence electrons. The first kappa shape index (κ1) is 18.0. The smallest absolute Gasteiger partial charge is 0.161 e. The van der Waals surface area contributed by atoms with Crippen molar-refractivity contribution < 1.29 is 4.74 Å². The van der Waals surface area contributed by atoms with E-state index >= 15 is 0 Å². The zero-order valence-electron chi connectivity index (χ0n) is 12.7. The van der Waals surface area contributed by atoms with Crippen molar-refractivity contribution in [3.8, 4) is 0 Å². The summed E-state index contributed by atoms with van der Waals surface area (Å²) in [4.78, 5) is 2.81. The Balaban J connectivity index is 2.08. The van der Waals surface area contributed by atoms with E-state index in [1.807, 2.05) is 0 Å². The zero-order chi connectivity index (χ0) is 15.4. The van der Waals surface area contributed by atoms with Crippen LogP contribution < -0.4 is 0 Å². The van der Waals surface area contributed by atoms with E-state index in [0.717, 1.165) is 9.94 Å². The molecule has 0 bridgehead atoms. The largest absolute Gasteiger partial charge is 0.343 e. The molecule has 2 aliphatic rings. The fraction of sp³-hybridized carbons (Fsp3) is 0.750. The Bertz CT molecular complexity index is 418. The van der Waals surface area contributed by atoms with E-state index in [9.17, 15) is 0 Å². The van der Waals surface area contributed by atoms with Gasteiger partial charge in [0.25, 0.3) is 0 Å². The van der Waals surface area contributed by atoms with Gasteiger partial charge in [-0.05, 0) is 56.4 Å². The minimum absolute atomic E-state index is 0.239. The fourth-order valence-electron chi connectivity index (χ4n) is 2.79. The second-order valence-electron chi connectivity index (χ2n) is 5.75. The van der Waals surface area contributed by atoms with Crippen LogP contribution in [0.15, 0.2) is 20.7 Å². The number of halogens is 3. The highest BCUT2D eigenvalue weighted by atomic mass is 79.9. The molecule has 2 aliphatic heterocycles. The van der Waals surface area contributed by atoms with Gasteiger partial charge in [0.05, 0.1) is 9.09 Å². The van der Waals surface area contributed by atoms with Gasteiger partial charge in [0.1, 0.15) is 6.10 Å². The van der Waals surface area contributed by atoms with E-state index in [2.05, 4.69) is 72.6 Å². The lowest BCUT2D eigenvalue weighted by Crippen LogP contribution is -2.33. The highest BCUT2D eigenvalue weighted by Crippen LogP contribution is 2.45. The molecule has 0 N–H and O–H groups in total. The van der Waals surface area contributed by atoms with E-state index < -0.39 is 0 Å². The Labute approximate surface area is 153 Å². The Morgan fingerprint density at radius 2 is 1.95 bits per heavy atom. The number of ether oxygens (including phenoxy) is 1. The van der Waals surface area contributed by atoms with Gasteiger partial charge in [0.2, 0.25) is 0 Å². The third-order valence-electron chi connectivity index (χ3n) is 4.09. The van der Waals surface area contributed by atoms with E-state index in [1.165, 1.54) is 49.8 Å². The predicted molar refractivity (Wildman–Crippen MR) is 100 cm³/mol. The Morgan fingerprint density at radius 3 is 2.57 bits per heavy atom. The van der Waals surface area contributed by atoms with E-state index in [-0.39, 0.29) is 12.3 Å². The summed E-state index contributed by atoms with van der Waals surface area (Å²) in [7, 11) is 0. The third-order valence-corrected chi connectivity index (χ3v) is 5.88. The summed E-state index contributed by atoms with van der Waals surface area (Å²) in [5, 5.41) is 0. The number of rotatable bonds is 8. The molecule has 0 radical (unpaired) electrons. The first-order valence-corrected chi connectivity index (χ1v) is 10.4. The number of allylic oxidation sites excluding steroid dienone is 1. The summed E-state index contributed by atoms with van der Waals surface area (Å²) in [5.74, 6) is 0. The van der Waals surface area contributed by atoms with Crippen LogP contribution in [0, 0.1) is 0 Å². The van der Waals surface area contributed by atoms with Gasteiger partial charge in [-0.25, -0.2) is 0 Å². The maximum atomic E-state index is 5.96. The number of hydrogen-bond acceptors (Lipinski definition) is 2. The van der Waals surface area contributed by atoms with Crippen LogP contribution in [0.2, 0.25) is 0 Å². The summed E-state index contributed by atoms with van der Waals surface area (Å²) < 4.78 is 6.98. The van der Waals surface area contributed by atoms with Gasteiger partial charge in [-0.15, -0.1) is 0 Å². The second kappa shape index (κ2) is 8.51. The molecule has 2 rings (SSSR count). The number of epoxide rings is 1. The molecule has 1 fully saturated rings. The highest BCUT2D eigenvalue weighted by molar-refractivity contribution is 9.28. The molecule has 0 aromatic carbocycles. The van der Waals surface area contributed by atoms with Crippen LogP contribution in [-0.4, -0.2) is 28.6 Å². The maximum Gasteiger partial charge on any atom is 0.161 e. The molecular formula is C16H24Br3NO. The Hall–Kier alpha value is 0.680. The van der Waals surface area contributed by atoms with Gasteiger partial charge in [-0.1, -0.05) is 55.5 Å². The standard InChI is InChI=1S/C16H24Br3NO/c1-3-5-7-8-12(17)11-10-13(15(18)19)20(9-6-4-2)16-14(11)21-16/h10,12,14,16H,3-9H2,1-2H3. The molecule has 5 heteroatoms. The number of hydrogen-bond donors (Lipinski definition) is 0. The quantitative estimate of drug-likeness (QED) is 0.236. The average Bonchev–Trinajstić information content (AvgIpc) is 3.24. The molecule has 21 heavy (non-hydrogen) atoms. The van der Waals surface area contributed by atoms with Crippen LogP contribution in [0.4, 0.5) is 0 Å². The first-order chi connectivity index (χ1) is 10.1. The predicted octanol–water partition coefficient (Wildman–Crippen LogP) is 6.06. The highest BCUT2D eigenvalue weighted by Gasteiger charge is 2.51. The molecule has 0 amide bonds. The first-order valence-electron chi connectivity index (χ1n) is 7.93. The van der Waals surface area contributed by atoms with Crippen molar-refractivity contribution in [1.82, 2.24) is 4.90 Å². The normalized spacial score (nSPS) is 25.5. The van der Waals surface area contributed by atoms with Crippen LogP contribution in [0.25, 0.3) is 0 Å². The minimum atomic E-state index is 0.239. The van der Waals surface area contributed by atoms with Gasteiger partial charge in [0, 0.05) is 11.4 Å². The van der Waals surface area contributed by atoms with Crippen molar-refractivity contribution in [3.63, 3.8) is 0 Å². The molecular weight excluding hydrogens is 462 g/mol. The van der Waals surface area contributed by atoms with Crippen LogP contribution in [0.3, 0.4) is 0 Å². The van der Waals surface area contributed by atoms with Crippen LogP contribution in [0.1, 0.15) is 52.4 Å². The summed E-state index contributed by atoms with van der Waals surface area (Å²) >= 11 is 11.1. The molecule has 2 nitrogen and oxygen atoms in total. The number of unbranched alkanes of at least 4 members (excludes halogenated alkanes) is 3. The zero-order valence-corrected chi connectivity index (χ0v) is 17.5. The summed E-state index contributed by atoms with van der Waals surface area (Å²) in [6.45, 7) is 5.53. The molecule has 0 aromatic rings. The number of nitrogens with zero attached hydrogens (tertiary/aromatic N) is 1. The minimum Gasteiger partial charge on any atom is -0.343 e. The molecule has 0 aliphatic carbocycles. The summed E-state index contributed by atoms with van der Waals surface area (Å²) in [5.41, 5.74) is 2.62. The van der Waals surface area contributed by atoms with Crippen molar-refractivity contribution in [1.29, 1.82) is 0 Å². The van der Waals surface area contributed by atoms with Gasteiger partial charge in [0.15, 0.2) is 6.23 Å². The molecule has 0 spiro atoms. The van der Waals surface area contributed by atoms with Gasteiger partial charge >= 0.3 is 0 Å². The lowest BCUT2D eigenvalue weighted by atomic mass is 9.99.